The summed E-state index contributed by atoms with van der Waals surface area (Å²) in [6.07, 6.45) is 0. The van der Waals surface area contributed by atoms with E-state index in [-0.39, 0.29) is 5.91 Å². The van der Waals surface area contributed by atoms with E-state index >= 15 is 0 Å². The molecule has 0 aliphatic carbocycles. The van der Waals surface area contributed by atoms with E-state index in [4.69, 9.17) is 9.47 Å². The summed E-state index contributed by atoms with van der Waals surface area (Å²) in [6, 6.07) is 17.8. The van der Waals surface area contributed by atoms with Crippen LogP contribution in [0, 0.1) is 13.8 Å². The number of hydrogen-bond acceptors (Lipinski definition) is 3. The van der Waals surface area contributed by atoms with Gasteiger partial charge in [-0.2, -0.15) is 0 Å². The molecule has 0 bridgehead atoms. The third-order valence-corrected chi connectivity index (χ3v) is 4.77. The van der Waals surface area contributed by atoms with E-state index in [2.05, 4.69) is 9.88 Å². The highest BCUT2D eigenvalue weighted by atomic mass is 16.5. The Morgan fingerprint density at radius 1 is 1.00 bits per heavy atom. The highest BCUT2D eigenvalue weighted by Crippen LogP contribution is 2.23. The molecule has 1 heterocycles. The van der Waals surface area contributed by atoms with Gasteiger partial charge >= 0.3 is 0 Å². The standard InChI is InChI=1S/C23H26N2O3/c1-16-12-22(17(2)25(16)20-6-5-7-21(13-20)28-4)23(26)24-14-18-8-10-19(11-9-18)15-27-3/h5-13H,14-15H2,1-4H3,(H,24,26). The number of methoxy groups -OCH3 is 2. The van der Waals surface area contributed by atoms with Crippen LogP contribution < -0.4 is 10.1 Å². The maximum Gasteiger partial charge on any atom is 0.253 e. The molecule has 5 nitrogen and oxygen atoms in total. The van der Waals surface area contributed by atoms with Gasteiger partial charge in [0.15, 0.2) is 0 Å². The van der Waals surface area contributed by atoms with Crippen LogP contribution in [0.1, 0.15) is 32.9 Å². The zero-order valence-corrected chi connectivity index (χ0v) is 16.8. The highest BCUT2D eigenvalue weighted by molar-refractivity contribution is 5.95. The van der Waals surface area contributed by atoms with Crippen LogP contribution in [-0.4, -0.2) is 24.7 Å². The summed E-state index contributed by atoms with van der Waals surface area (Å²) in [6.45, 7) is 5.02. The first kappa shape index (κ1) is 19.7. The first-order valence-corrected chi connectivity index (χ1v) is 9.21. The van der Waals surface area contributed by atoms with Gasteiger partial charge < -0.3 is 19.4 Å². The van der Waals surface area contributed by atoms with Crippen LogP contribution in [0.2, 0.25) is 0 Å². The van der Waals surface area contributed by atoms with Crippen LogP contribution in [0.5, 0.6) is 5.75 Å². The smallest absolute Gasteiger partial charge is 0.253 e. The average Bonchev–Trinajstić information content (AvgIpc) is 3.01. The normalized spacial score (nSPS) is 10.7. The lowest BCUT2D eigenvalue weighted by Crippen LogP contribution is -2.23. The van der Waals surface area contributed by atoms with E-state index in [0.29, 0.717) is 18.7 Å². The molecular weight excluding hydrogens is 352 g/mol. The van der Waals surface area contributed by atoms with E-state index in [1.165, 1.54) is 0 Å². The molecule has 0 unspecified atom stereocenters. The highest BCUT2D eigenvalue weighted by Gasteiger charge is 2.16. The third kappa shape index (κ3) is 4.26. The zero-order valence-electron chi connectivity index (χ0n) is 16.8. The monoisotopic (exact) mass is 378 g/mol. The Kier molecular flexibility index (Phi) is 6.16. The number of amides is 1. The minimum atomic E-state index is -0.0804. The molecule has 3 rings (SSSR count). The molecule has 146 valence electrons. The van der Waals surface area contributed by atoms with Gasteiger partial charge in [-0.3, -0.25) is 4.79 Å². The molecule has 0 aliphatic rings. The summed E-state index contributed by atoms with van der Waals surface area (Å²) < 4.78 is 12.5. The van der Waals surface area contributed by atoms with E-state index in [9.17, 15) is 4.79 Å². The Balaban J connectivity index is 1.75. The summed E-state index contributed by atoms with van der Waals surface area (Å²) in [5, 5.41) is 3.01. The third-order valence-electron chi connectivity index (χ3n) is 4.77. The van der Waals surface area contributed by atoms with Gasteiger partial charge in [0.25, 0.3) is 5.91 Å². The lowest BCUT2D eigenvalue weighted by Gasteiger charge is -2.11. The summed E-state index contributed by atoms with van der Waals surface area (Å²) in [5.41, 5.74) is 5.71. The SMILES string of the molecule is COCc1ccc(CNC(=O)c2cc(C)n(-c3cccc(OC)c3)c2C)cc1. The molecule has 0 aliphatic heterocycles. The average molecular weight is 378 g/mol. The maximum atomic E-state index is 12.8. The number of rotatable bonds is 7. The molecule has 0 spiro atoms. The van der Waals surface area contributed by atoms with Gasteiger partial charge in [0.1, 0.15) is 5.75 Å². The minimum Gasteiger partial charge on any atom is -0.497 e. The zero-order chi connectivity index (χ0) is 20.1. The van der Waals surface area contributed by atoms with Crippen molar-refractivity contribution in [2.75, 3.05) is 14.2 Å². The largest absolute Gasteiger partial charge is 0.497 e. The Labute approximate surface area is 165 Å². The van der Waals surface area contributed by atoms with E-state index in [1.807, 2.05) is 68.4 Å². The number of ether oxygens (including phenoxy) is 2. The van der Waals surface area contributed by atoms with Crippen LogP contribution >= 0.6 is 0 Å². The molecule has 1 N–H and O–H groups in total. The van der Waals surface area contributed by atoms with E-state index < -0.39 is 0 Å². The van der Waals surface area contributed by atoms with Crippen molar-refractivity contribution in [2.45, 2.75) is 27.0 Å². The van der Waals surface area contributed by atoms with Crippen LogP contribution in [-0.2, 0) is 17.9 Å². The second-order valence-corrected chi connectivity index (χ2v) is 6.75. The van der Waals surface area contributed by atoms with Gasteiger partial charge in [-0.15, -0.1) is 0 Å². The van der Waals surface area contributed by atoms with Crippen molar-refractivity contribution in [3.05, 3.63) is 82.7 Å². The molecule has 28 heavy (non-hydrogen) atoms. The first-order chi connectivity index (χ1) is 13.5. The maximum absolute atomic E-state index is 12.8. The molecule has 0 saturated carbocycles. The second-order valence-electron chi connectivity index (χ2n) is 6.75. The molecule has 2 aromatic carbocycles. The molecule has 1 amide bonds. The van der Waals surface area contributed by atoms with E-state index in [0.717, 1.165) is 34.0 Å². The number of benzene rings is 2. The summed E-state index contributed by atoms with van der Waals surface area (Å²) in [7, 11) is 3.32. The number of aromatic nitrogens is 1. The Bertz CT molecular complexity index is 958. The van der Waals surface area contributed by atoms with Gasteiger partial charge in [0.2, 0.25) is 0 Å². The molecule has 0 radical (unpaired) electrons. The van der Waals surface area contributed by atoms with Gasteiger partial charge in [-0.05, 0) is 43.2 Å². The first-order valence-electron chi connectivity index (χ1n) is 9.21. The van der Waals surface area contributed by atoms with Crippen molar-refractivity contribution in [3.63, 3.8) is 0 Å². The lowest BCUT2D eigenvalue weighted by molar-refractivity contribution is 0.0950. The molecule has 1 aromatic heterocycles. The molecule has 0 saturated heterocycles. The van der Waals surface area contributed by atoms with Crippen molar-refractivity contribution in [3.8, 4) is 11.4 Å². The number of carbonyl (C=O) groups is 1. The Morgan fingerprint density at radius 2 is 1.71 bits per heavy atom. The molecule has 5 heteroatoms. The number of carbonyl (C=O) groups excluding carboxylic acids is 1. The van der Waals surface area contributed by atoms with Crippen molar-refractivity contribution in [1.29, 1.82) is 0 Å². The number of nitrogens with one attached hydrogen (secondary N) is 1. The number of nitrogens with zero attached hydrogens (tertiary/aromatic N) is 1. The fourth-order valence-electron chi connectivity index (χ4n) is 3.34. The van der Waals surface area contributed by atoms with Crippen LogP contribution in [0.25, 0.3) is 5.69 Å². The van der Waals surface area contributed by atoms with Crippen LogP contribution in [0.3, 0.4) is 0 Å². The van der Waals surface area contributed by atoms with Gasteiger partial charge in [0.05, 0.1) is 19.3 Å². The quantitative estimate of drug-likeness (QED) is 0.671. The summed E-state index contributed by atoms with van der Waals surface area (Å²) in [5.74, 6) is 0.705. The predicted molar refractivity (Wildman–Crippen MR) is 110 cm³/mol. The Morgan fingerprint density at radius 3 is 2.39 bits per heavy atom. The second kappa shape index (κ2) is 8.76. The van der Waals surface area contributed by atoms with Crippen LogP contribution in [0.4, 0.5) is 0 Å². The van der Waals surface area contributed by atoms with Crippen molar-refractivity contribution in [2.24, 2.45) is 0 Å². The Hall–Kier alpha value is -3.05. The predicted octanol–water partition coefficient (Wildman–Crippen LogP) is 4.18. The fourth-order valence-corrected chi connectivity index (χ4v) is 3.34. The lowest BCUT2D eigenvalue weighted by atomic mass is 10.1. The van der Waals surface area contributed by atoms with E-state index in [1.54, 1.807) is 14.2 Å². The fraction of sp³-hybridized carbons (Fsp3) is 0.261. The molecule has 3 aromatic rings. The topological polar surface area (TPSA) is 52.5 Å². The van der Waals surface area contributed by atoms with Gasteiger partial charge in [-0.25, -0.2) is 0 Å². The molecule has 0 fully saturated rings. The molecule has 0 atom stereocenters. The summed E-state index contributed by atoms with van der Waals surface area (Å²) >= 11 is 0. The number of aryl methyl sites for hydroxylation is 1. The molecular formula is C23H26N2O3. The van der Waals surface area contributed by atoms with Gasteiger partial charge in [0, 0.05) is 36.8 Å². The van der Waals surface area contributed by atoms with Crippen LogP contribution in [0.15, 0.2) is 54.6 Å². The van der Waals surface area contributed by atoms with Crippen molar-refractivity contribution >= 4 is 5.91 Å². The summed E-state index contributed by atoms with van der Waals surface area (Å²) in [4.78, 5) is 12.8. The van der Waals surface area contributed by atoms with Crippen molar-refractivity contribution < 1.29 is 14.3 Å². The van der Waals surface area contributed by atoms with Gasteiger partial charge in [-0.1, -0.05) is 30.3 Å². The van der Waals surface area contributed by atoms with Crippen molar-refractivity contribution in [1.82, 2.24) is 9.88 Å². The number of hydrogen-bond donors (Lipinski definition) is 1. The minimum absolute atomic E-state index is 0.0804.